The Morgan fingerprint density at radius 2 is 2.10 bits per heavy atom. The Bertz CT molecular complexity index is 498. The van der Waals surface area contributed by atoms with Crippen LogP contribution in [-0.2, 0) is 4.79 Å². The van der Waals surface area contributed by atoms with E-state index in [9.17, 15) is 22.4 Å². The molecule has 1 aromatic rings. The zero-order valence-corrected chi connectivity index (χ0v) is 12.9. The predicted octanol–water partition coefficient (Wildman–Crippen LogP) is 3.09. The maximum absolute atomic E-state index is 12.9. The highest BCUT2D eigenvalue weighted by molar-refractivity contribution is 7.33. The summed E-state index contributed by atoms with van der Waals surface area (Å²) in [5.74, 6) is -0.922. The van der Waals surface area contributed by atoms with E-state index in [2.05, 4.69) is 9.36 Å². The van der Waals surface area contributed by atoms with Crippen molar-refractivity contribution in [2.24, 2.45) is 0 Å². The normalized spacial score (nSPS) is 12.7. The molecule has 0 aliphatic heterocycles. The fourth-order valence-corrected chi connectivity index (χ4v) is 2.84. The van der Waals surface area contributed by atoms with Gasteiger partial charge in [-0.1, -0.05) is 0 Å². The average Bonchev–Trinajstić information content (AvgIpc) is 2.73. The van der Waals surface area contributed by atoms with Crippen molar-refractivity contribution >= 4 is 39.8 Å². The fourth-order valence-electron chi connectivity index (χ4n) is 1.28. The minimum atomic E-state index is -4.52. The number of nitrogens with zero attached hydrogens (tertiary/aromatic N) is 3. The summed E-state index contributed by atoms with van der Waals surface area (Å²) >= 11 is 11.1. The van der Waals surface area contributed by atoms with Crippen molar-refractivity contribution in [1.29, 1.82) is 0 Å². The molecule has 0 saturated heterocycles. The van der Waals surface area contributed by atoms with Crippen molar-refractivity contribution in [3.63, 3.8) is 0 Å². The molecular formula is C9H10Cl2F4N3O2S+. The van der Waals surface area contributed by atoms with Gasteiger partial charge in [-0.25, -0.2) is 0 Å². The molecule has 0 radical (unpaired) electrons. The molecule has 0 saturated carbocycles. The number of carbonyl (C=O) groups is 1. The number of carbonyl (C=O) groups excluding carboxylic acids is 1. The highest BCUT2D eigenvalue weighted by Crippen LogP contribution is 2.42. The number of likely N-dealkylation sites (N-methyl/N-ethyl adjacent to an activating group) is 1. The van der Waals surface area contributed by atoms with Crippen molar-refractivity contribution in [3.05, 3.63) is 6.08 Å². The molecule has 21 heavy (non-hydrogen) atoms. The van der Waals surface area contributed by atoms with Crippen LogP contribution in [0.5, 0.6) is 5.19 Å². The summed E-state index contributed by atoms with van der Waals surface area (Å²) < 4.78 is 56.7. The maximum atomic E-state index is 12.9. The van der Waals surface area contributed by atoms with Crippen LogP contribution >= 0.6 is 33.9 Å². The molecule has 1 heterocycles. The van der Waals surface area contributed by atoms with E-state index in [1.165, 1.54) is 6.92 Å². The van der Waals surface area contributed by atoms with Crippen LogP contribution < -0.4 is 4.74 Å². The molecule has 0 aromatic carbocycles. The third-order valence-electron chi connectivity index (χ3n) is 2.13. The lowest BCUT2D eigenvalue weighted by molar-refractivity contribution is -0.161. The molecule has 0 bridgehead atoms. The standard InChI is InChI=1S/C9H10Cl2F4N3O2S/c1-2-18(4-9(13,14)15)5(19)3-20-8-16-7(12)17-21(8)6(10)11/h6H,2-4H2,1H3/q+1. The molecule has 0 spiro atoms. The van der Waals surface area contributed by atoms with Gasteiger partial charge in [0.15, 0.2) is 17.3 Å². The molecule has 120 valence electrons. The smallest absolute Gasteiger partial charge is 0.426 e. The SMILES string of the molecule is CCN(CC(F)(F)F)C(=O)COc1nc(F)n[s+]1C(Cl)Cl. The van der Waals surface area contributed by atoms with Crippen LogP contribution in [0, 0.1) is 6.08 Å². The van der Waals surface area contributed by atoms with Crippen LogP contribution in [0.3, 0.4) is 0 Å². The van der Waals surface area contributed by atoms with Crippen LogP contribution in [0.1, 0.15) is 11.1 Å². The van der Waals surface area contributed by atoms with Crippen molar-refractivity contribution in [2.45, 2.75) is 17.3 Å². The van der Waals surface area contributed by atoms with Crippen LogP contribution in [0.15, 0.2) is 0 Å². The van der Waals surface area contributed by atoms with Crippen LogP contribution in [0.25, 0.3) is 0 Å². The monoisotopic (exact) mass is 370 g/mol. The summed E-state index contributed by atoms with van der Waals surface area (Å²) in [5.41, 5.74) is 0. The maximum Gasteiger partial charge on any atom is 0.466 e. The minimum Gasteiger partial charge on any atom is -0.426 e. The molecule has 1 atom stereocenters. The number of hydrogen-bond acceptors (Lipinski definition) is 4. The second-order valence-corrected chi connectivity index (χ2v) is 6.87. The summed E-state index contributed by atoms with van der Waals surface area (Å²) in [6, 6.07) is 0. The molecule has 1 amide bonds. The molecule has 0 fully saturated rings. The zero-order valence-electron chi connectivity index (χ0n) is 10.5. The Kier molecular flexibility index (Phi) is 6.41. The molecule has 1 unspecified atom stereocenters. The molecule has 0 aliphatic carbocycles. The first-order chi connectivity index (χ1) is 9.64. The number of hydrogen-bond donors (Lipinski definition) is 0. The topological polar surface area (TPSA) is 55.3 Å². The molecule has 12 heteroatoms. The number of ether oxygens (including phenoxy) is 1. The van der Waals surface area contributed by atoms with E-state index < -0.39 is 46.1 Å². The average molecular weight is 371 g/mol. The second kappa shape index (κ2) is 7.41. The van der Waals surface area contributed by atoms with Crippen molar-refractivity contribution < 1.29 is 27.1 Å². The highest BCUT2D eigenvalue weighted by Gasteiger charge is 2.34. The van der Waals surface area contributed by atoms with Crippen LogP contribution in [-0.4, -0.2) is 46.0 Å². The van der Waals surface area contributed by atoms with Gasteiger partial charge >= 0.3 is 21.6 Å². The van der Waals surface area contributed by atoms with Gasteiger partial charge in [-0.05, 0) is 30.1 Å². The number of amides is 1. The van der Waals surface area contributed by atoms with E-state index in [0.29, 0.717) is 4.90 Å². The van der Waals surface area contributed by atoms with E-state index in [0.717, 1.165) is 0 Å². The largest absolute Gasteiger partial charge is 0.466 e. The first-order valence-electron chi connectivity index (χ1n) is 5.45. The fraction of sp³-hybridized carbons (Fsp3) is 0.667. The molecule has 1 aromatic heterocycles. The number of aromatic nitrogens is 2. The lowest BCUT2D eigenvalue weighted by Gasteiger charge is -2.21. The quantitative estimate of drug-likeness (QED) is 0.438. The highest BCUT2D eigenvalue weighted by atomic mass is 35.5. The first-order valence-corrected chi connectivity index (χ1v) is 7.57. The Hall–Kier alpha value is -0.870. The molecule has 0 N–H and O–H groups in total. The summed E-state index contributed by atoms with van der Waals surface area (Å²) in [6.45, 7) is -0.909. The van der Waals surface area contributed by atoms with E-state index in [1.807, 2.05) is 0 Å². The van der Waals surface area contributed by atoms with Gasteiger partial charge in [-0.2, -0.15) is 17.6 Å². The summed E-state index contributed by atoms with van der Waals surface area (Å²) in [6.07, 6.45) is -5.64. The van der Waals surface area contributed by atoms with Gasteiger partial charge in [0.2, 0.25) is 0 Å². The van der Waals surface area contributed by atoms with Gasteiger partial charge in [0.05, 0.1) is 0 Å². The van der Waals surface area contributed by atoms with E-state index in [1.54, 1.807) is 0 Å². The lowest BCUT2D eigenvalue weighted by atomic mass is 10.4. The van der Waals surface area contributed by atoms with Crippen molar-refractivity contribution in [3.8, 4) is 5.19 Å². The van der Waals surface area contributed by atoms with E-state index in [-0.39, 0.29) is 11.7 Å². The van der Waals surface area contributed by atoms with Gasteiger partial charge in [0.25, 0.3) is 5.91 Å². The summed E-state index contributed by atoms with van der Waals surface area (Å²) in [4.78, 5) is 15.4. The van der Waals surface area contributed by atoms with Crippen LogP contribution in [0.4, 0.5) is 17.6 Å². The van der Waals surface area contributed by atoms with Crippen molar-refractivity contribution in [1.82, 2.24) is 14.3 Å². The Morgan fingerprint density at radius 1 is 1.48 bits per heavy atom. The second-order valence-electron chi connectivity index (χ2n) is 3.62. The number of halogens is 6. The molecule has 1 rings (SSSR count). The van der Waals surface area contributed by atoms with E-state index >= 15 is 0 Å². The predicted molar refractivity (Wildman–Crippen MR) is 69.0 cm³/mol. The van der Waals surface area contributed by atoms with Crippen molar-refractivity contribution in [2.75, 3.05) is 19.7 Å². The van der Waals surface area contributed by atoms with Gasteiger partial charge < -0.3 is 9.64 Å². The third kappa shape index (κ3) is 5.79. The van der Waals surface area contributed by atoms with Gasteiger partial charge in [0.1, 0.15) is 6.54 Å². The van der Waals surface area contributed by atoms with Gasteiger partial charge in [-0.3, -0.25) is 4.79 Å². The molecule has 0 aliphatic rings. The van der Waals surface area contributed by atoms with E-state index in [4.69, 9.17) is 27.9 Å². The Morgan fingerprint density at radius 3 is 2.57 bits per heavy atom. The third-order valence-corrected chi connectivity index (χ3v) is 4.39. The molecular weight excluding hydrogens is 361 g/mol. The summed E-state index contributed by atoms with van der Waals surface area (Å²) in [5, 5.41) is -0.320. The van der Waals surface area contributed by atoms with Gasteiger partial charge in [-0.15, -0.1) is 4.98 Å². The minimum absolute atomic E-state index is 0.154. The zero-order chi connectivity index (χ0) is 16.2. The Balaban J connectivity index is 2.67. The molecule has 5 nitrogen and oxygen atoms in total. The summed E-state index contributed by atoms with van der Waals surface area (Å²) in [7, 11) is -1.42. The van der Waals surface area contributed by atoms with Gasteiger partial charge in [0, 0.05) is 10.9 Å². The number of alkyl halides is 5. The number of rotatable bonds is 6. The lowest BCUT2D eigenvalue weighted by Crippen LogP contribution is -2.41. The Labute approximate surface area is 129 Å². The first kappa shape index (κ1) is 18.2. The van der Waals surface area contributed by atoms with Crippen LogP contribution in [0.2, 0.25) is 0 Å².